The fraction of sp³-hybridized carbons (Fsp3) is 0.632. The van der Waals surface area contributed by atoms with E-state index in [1.165, 1.54) is 44.2 Å². The summed E-state index contributed by atoms with van der Waals surface area (Å²) in [4.78, 5) is 6.95. The Kier molecular flexibility index (Phi) is 5.09. The van der Waals surface area contributed by atoms with Crippen LogP contribution in [0.25, 0.3) is 0 Å². The van der Waals surface area contributed by atoms with E-state index < -0.39 is 0 Å². The molecule has 23 heavy (non-hydrogen) atoms. The molecule has 2 fully saturated rings. The Bertz CT molecular complexity index is 549. The molecule has 1 saturated carbocycles. The molecule has 0 atom stereocenters. The van der Waals surface area contributed by atoms with Crippen molar-refractivity contribution in [2.75, 3.05) is 33.8 Å². The fourth-order valence-corrected chi connectivity index (χ4v) is 4.13. The summed E-state index contributed by atoms with van der Waals surface area (Å²) in [5, 5.41) is 3.54. The van der Waals surface area contributed by atoms with Crippen molar-refractivity contribution in [3.63, 3.8) is 0 Å². The highest BCUT2D eigenvalue weighted by atomic mass is 16.5. The Morgan fingerprint density at radius 3 is 2.87 bits per heavy atom. The zero-order valence-corrected chi connectivity index (χ0v) is 14.5. The molecule has 3 rings (SSSR count). The van der Waals surface area contributed by atoms with Crippen molar-refractivity contribution in [1.82, 2.24) is 10.2 Å². The lowest BCUT2D eigenvalue weighted by Gasteiger charge is -2.26. The SMILES string of the molecule is CN=C(NCCc1cccc(OC)c1)N1CCC2(CCCC2)C1. The third kappa shape index (κ3) is 3.80. The minimum atomic E-state index is 0.588. The number of nitrogens with zero attached hydrogens (tertiary/aromatic N) is 2. The molecule has 0 aromatic heterocycles. The number of hydrogen-bond acceptors (Lipinski definition) is 2. The van der Waals surface area contributed by atoms with Gasteiger partial charge in [0.1, 0.15) is 5.75 Å². The van der Waals surface area contributed by atoms with Gasteiger partial charge in [0.05, 0.1) is 7.11 Å². The number of benzene rings is 1. The van der Waals surface area contributed by atoms with Crippen LogP contribution < -0.4 is 10.1 Å². The lowest BCUT2D eigenvalue weighted by molar-refractivity contribution is 0.309. The van der Waals surface area contributed by atoms with Gasteiger partial charge in [-0.05, 0) is 48.8 Å². The number of likely N-dealkylation sites (tertiary alicyclic amines) is 1. The zero-order chi connectivity index (χ0) is 16.1. The molecule has 0 amide bonds. The van der Waals surface area contributed by atoms with Crippen molar-refractivity contribution in [3.8, 4) is 5.75 Å². The molecule has 0 bridgehead atoms. The smallest absolute Gasteiger partial charge is 0.193 e. The first kappa shape index (κ1) is 16.2. The van der Waals surface area contributed by atoms with Gasteiger partial charge in [0.2, 0.25) is 0 Å². The lowest BCUT2D eigenvalue weighted by atomic mass is 9.86. The number of rotatable bonds is 4. The maximum atomic E-state index is 5.29. The van der Waals surface area contributed by atoms with Crippen LogP contribution in [0.3, 0.4) is 0 Å². The standard InChI is InChI=1S/C19H29N3O/c1-20-18(22-13-11-19(15-22)9-3-4-10-19)21-12-8-16-6-5-7-17(14-16)23-2/h5-7,14H,3-4,8-13,15H2,1-2H3,(H,20,21). The second kappa shape index (κ2) is 7.24. The molecule has 4 nitrogen and oxygen atoms in total. The van der Waals surface area contributed by atoms with Crippen LogP contribution in [0.5, 0.6) is 5.75 Å². The first-order valence-corrected chi connectivity index (χ1v) is 8.83. The molecule has 1 heterocycles. The van der Waals surface area contributed by atoms with Crippen LogP contribution in [0.2, 0.25) is 0 Å². The van der Waals surface area contributed by atoms with Crippen LogP contribution in [0.1, 0.15) is 37.7 Å². The molecular weight excluding hydrogens is 286 g/mol. The summed E-state index contributed by atoms with van der Waals surface area (Å²) in [7, 11) is 3.61. The lowest BCUT2D eigenvalue weighted by Crippen LogP contribution is -2.41. The van der Waals surface area contributed by atoms with E-state index in [0.717, 1.165) is 31.2 Å². The summed E-state index contributed by atoms with van der Waals surface area (Å²) in [6, 6.07) is 8.29. The average Bonchev–Trinajstić information content (AvgIpc) is 3.22. The van der Waals surface area contributed by atoms with Gasteiger partial charge < -0.3 is 15.0 Å². The van der Waals surface area contributed by atoms with Crippen LogP contribution >= 0.6 is 0 Å². The van der Waals surface area contributed by atoms with Crippen molar-refractivity contribution >= 4 is 5.96 Å². The molecule has 1 aromatic rings. The van der Waals surface area contributed by atoms with Crippen LogP contribution in [0.4, 0.5) is 0 Å². The van der Waals surface area contributed by atoms with Crippen molar-refractivity contribution < 1.29 is 4.74 Å². The Labute approximate surface area is 139 Å². The predicted octanol–water partition coefficient (Wildman–Crippen LogP) is 3.08. The predicted molar refractivity (Wildman–Crippen MR) is 95.2 cm³/mol. The van der Waals surface area contributed by atoms with E-state index in [1.54, 1.807) is 7.11 Å². The van der Waals surface area contributed by atoms with Gasteiger partial charge in [-0.15, -0.1) is 0 Å². The molecule has 1 aliphatic carbocycles. The first-order valence-electron chi connectivity index (χ1n) is 8.83. The molecule has 0 radical (unpaired) electrons. The Morgan fingerprint density at radius 1 is 1.30 bits per heavy atom. The fourth-order valence-electron chi connectivity index (χ4n) is 4.13. The zero-order valence-electron chi connectivity index (χ0n) is 14.5. The Hall–Kier alpha value is -1.71. The molecule has 1 aromatic carbocycles. The number of hydrogen-bond donors (Lipinski definition) is 1. The van der Waals surface area contributed by atoms with Crippen LogP contribution in [0, 0.1) is 5.41 Å². The van der Waals surface area contributed by atoms with Gasteiger partial charge in [-0.1, -0.05) is 25.0 Å². The van der Waals surface area contributed by atoms with Crippen molar-refractivity contribution in [1.29, 1.82) is 0 Å². The minimum Gasteiger partial charge on any atom is -0.497 e. The van der Waals surface area contributed by atoms with E-state index in [-0.39, 0.29) is 0 Å². The molecule has 126 valence electrons. The summed E-state index contributed by atoms with van der Waals surface area (Å²) in [6.45, 7) is 3.24. The first-order chi connectivity index (χ1) is 11.2. The summed E-state index contributed by atoms with van der Waals surface area (Å²) in [6.07, 6.45) is 7.96. The van der Waals surface area contributed by atoms with E-state index in [2.05, 4.69) is 27.3 Å². The molecule has 0 unspecified atom stereocenters. The topological polar surface area (TPSA) is 36.9 Å². The van der Waals surface area contributed by atoms with Gasteiger partial charge in [-0.3, -0.25) is 4.99 Å². The Morgan fingerprint density at radius 2 is 2.13 bits per heavy atom. The largest absolute Gasteiger partial charge is 0.497 e. The van der Waals surface area contributed by atoms with Crippen molar-refractivity contribution in [3.05, 3.63) is 29.8 Å². The molecule has 1 aliphatic heterocycles. The normalized spacial score (nSPS) is 20.3. The average molecular weight is 315 g/mol. The number of guanidine groups is 1. The highest BCUT2D eigenvalue weighted by Gasteiger charge is 2.40. The number of nitrogens with one attached hydrogen (secondary N) is 1. The summed E-state index contributed by atoms with van der Waals surface area (Å²) in [5.41, 5.74) is 1.88. The van der Waals surface area contributed by atoms with E-state index in [1.807, 2.05) is 19.2 Å². The van der Waals surface area contributed by atoms with E-state index in [0.29, 0.717) is 5.41 Å². The van der Waals surface area contributed by atoms with Crippen LogP contribution in [-0.4, -0.2) is 44.7 Å². The maximum absolute atomic E-state index is 5.29. The van der Waals surface area contributed by atoms with Gasteiger partial charge in [0.25, 0.3) is 0 Å². The number of ether oxygens (including phenoxy) is 1. The van der Waals surface area contributed by atoms with Gasteiger partial charge in [-0.25, -0.2) is 0 Å². The Balaban J connectivity index is 1.50. The molecule has 1 N–H and O–H groups in total. The molecule has 1 spiro atoms. The van der Waals surface area contributed by atoms with Crippen LogP contribution in [0.15, 0.2) is 29.3 Å². The van der Waals surface area contributed by atoms with Crippen molar-refractivity contribution in [2.24, 2.45) is 10.4 Å². The third-order valence-electron chi connectivity index (χ3n) is 5.44. The van der Waals surface area contributed by atoms with Crippen LogP contribution in [-0.2, 0) is 6.42 Å². The van der Waals surface area contributed by atoms with Gasteiger partial charge in [0, 0.05) is 26.7 Å². The van der Waals surface area contributed by atoms with E-state index >= 15 is 0 Å². The summed E-state index contributed by atoms with van der Waals surface area (Å²) < 4.78 is 5.29. The third-order valence-corrected chi connectivity index (χ3v) is 5.44. The quantitative estimate of drug-likeness (QED) is 0.685. The molecule has 1 saturated heterocycles. The highest BCUT2D eigenvalue weighted by Crippen LogP contribution is 2.45. The maximum Gasteiger partial charge on any atom is 0.193 e. The van der Waals surface area contributed by atoms with Crippen molar-refractivity contribution in [2.45, 2.75) is 38.5 Å². The molecule has 4 heteroatoms. The number of methoxy groups -OCH3 is 1. The minimum absolute atomic E-state index is 0.588. The summed E-state index contributed by atoms with van der Waals surface area (Å²) in [5.74, 6) is 1.99. The second-order valence-corrected chi connectivity index (χ2v) is 6.95. The molecular formula is C19H29N3O. The van der Waals surface area contributed by atoms with E-state index in [9.17, 15) is 0 Å². The monoisotopic (exact) mass is 315 g/mol. The van der Waals surface area contributed by atoms with Gasteiger partial charge >= 0.3 is 0 Å². The highest BCUT2D eigenvalue weighted by molar-refractivity contribution is 5.80. The second-order valence-electron chi connectivity index (χ2n) is 6.95. The van der Waals surface area contributed by atoms with Gasteiger partial charge in [-0.2, -0.15) is 0 Å². The summed E-state index contributed by atoms with van der Waals surface area (Å²) >= 11 is 0. The van der Waals surface area contributed by atoms with E-state index in [4.69, 9.17) is 4.74 Å². The molecule has 2 aliphatic rings. The van der Waals surface area contributed by atoms with Gasteiger partial charge in [0.15, 0.2) is 5.96 Å². The number of aliphatic imine (C=N–C) groups is 1.